The average Bonchev–Trinajstić information content (AvgIpc) is 3.26. The molecule has 0 atom stereocenters. The number of ether oxygens (including phenoxy) is 3. The molecule has 0 spiro atoms. The lowest BCUT2D eigenvalue weighted by atomic mass is 10.1. The van der Waals surface area contributed by atoms with E-state index in [0.717, 1.165) is 84.2 Å². The van der Waals surface area contributed by atoms with Crippen LogP contribution in [-0.4, -0.2) is 73.5 Å². The van der Waals surface area contributed by atoms with Gasteiger partial charge < -0.3 is 24.1 Å². The molecule has 8 nitrogen and oxygen atoms in total. The lowest BCUT2D eigenvalue weighted by Crippen LogP contribution is -2.41. The molecule has 0 amide bonds. The van der Waals surface area contributed by atoms with Crippen LogP contribution in [0.2, 0.25) is 0 Å². The Labute approximate surface area is 193 Å². The number of hydrogen-bond donors (Lipinski definition) is 1. The molecule has 1 fully saturated rings. The summed E-state index contributed by atoms with van der Waals surface area (Å²) in [7, 11) is 3.32. The zero-order valence-corrected chi connectivity index (χ0v) is 19.1. The molecule has 3 heterocycles. The maximum atomic E-state index is 5.53. The first-order chi connectivity index (χ1) is 16.3. The number of para-hydroxylation sites is 1. The Morgan fingerprint density at radius 2 is 1.85 bits per heavy atom. The van der Waals surface area contributed by atoms with Gasteiger partial charge in [0, 0.05) is 43.6 Å². The molecule has 172 valence electrons. The van der Waals surface area contributed by atoms with E-state index in [2.05, 4.69) is 38.0 Å². The summed E-state index contributed by atoms with van der Waals surface area (Å²) in [6.45, 7) is 5.93. The smallest absolute Gasteiger partial charge is 0.161 e. The fraction of sp³-hybridized carbons (Fsp3) is 0.360. The van der Waals surface area contributed by atoms with Gasteiger partial charge in [0.05, 0.1) is 27.4 Å². The summed E-state index contributed by atoms with van der Waals surface area (Å²) in [5.41, 5.74) is 4.09. The number of nitrogens with zero attached hydrogens (tertiary/aromatic N) is 4. The van der Waals surface area contributed by atoms with Crippen molar-refractivity contribution >= 4 is 27.8 Å². The van der Waals surface area contributed by atoms with E-state index in [9.17, 15) is 0 Å². The van der Waals surface area contributed by atoms with Crippen LogP contribution in [0.1, 0.15) is 5.56 Å². The van der Waals surface area contributed by atoms with Crippen LogP contribution in [0, 0.1) is 0 Å². The Hall–Kier alpha value is -3.36. The van der Waals surface area contributed by atoms with E-state index in [-0.39, 0.29) is 0 Å². The van der Waals surface area contributed by atoms with E-state index in [1.807, 2.05) is 24.3 Å². The Bertz CT molecular complexity index is 1240. The number of methoxy groups -OCH3 is 2. The molecule has 0 aliphatic carbocycles. The third-order valence-electron chi connectivity index (χ3n) is 6.18. The van der Waals surface area contributed by atoms with Gasteiger partial charge in [0.15, 0.2) is 17.3 Å². The van der Waals surface area contributed by atoms with E-state index >= 15 is 0 Å². The molecule has 33 heavy (non-hydrogen) atoms. The first kappa shape index (κ1) is 21.5. The predicted octanol–water partition coefficient (Wildman–Crippen LogP) is 3.47. The molecule has 2 aromatic heterocycles. The molecule has 0 unspecified atom stereocenters. The minimum Gasteiger partial charge on any atom is -0.493 e. The van der Waals surface area contributed by atoms with Gasteiger partial charge in [-0.1, -0.05) is 24.3 Å². The average molecular weight is 448 g/mol. The van der Waals surface area contributed by atoms with E-state index in [1.54, 1.807) is 20.5 Å². The second-order valence-electron chi connectivity index (χ2n) is 8.16. The monoisotopic (exact) mass is 447 g/mol. The van der Waals surface area contributed by atoms with Gasteiger partial charge in [-0.25, -0.2) is 9.97 Å². The molecule has 2 aromatic carbocycles. The van der Waals surface area contributed by atoms with Crippen molar-refractivity contribution in [2.45, 2.75) is 6.54 Å². The number of morpholine rings is 1. The summed E-state index contributed by atoms with van der Waals surface area (Å²) in [6.07, 6.45) is 1.66. The van der Waals surface area contributed by atoms with Crippen molar-refractivity contribution in [1.82, 2.24) is 19.9 Å². The SMILES string of the molecule is COc1ccc(CN(CCN2CCOCC2)c2ncnc3c2[nH]c2ccccc23)cc1OC. The van der Waals surface area contributed by atoms with Crippen molar-refractivity contribution in [3.8, 4) is 11.5 Å². The minimum absolute atomic E-state index is 0.687. The molecule has 4 aromatic rings. The Kier molecular flexibility index (Phi) is 6.28. The molecule has 1 saturated heterocycles. The van der Waals surface area contributed by atoms with Crippen LogP contribution in [-0.2, 0) is 11.3 Å². The highest BCUT2D eigenvalue weighted by atomic mass is 16.5. The van der Waals surface area contributed by atoms with Crippen molar-refractivity contribution in [2.75, 3.05) is 58.5 Å². The number of fused-ring (bicyclic) bond motifs is 3. The molecular formula is C25H29N5O3. The number of aromatic amines is 1. The largest absolute Gasteiger partial charge is 0.493 e. The Morgan fingerprint density at radius 3 is 2.67 bits per heavy atom. The maximum Gasteiger partial charge on any atom is 0.161 e. The second kappa shape index (κ2) is 9.64. The molecule has 0 bridgehead atoms. The molecule has 8 heteroatoms. The summed E-state index contributed by atoms with van der Waals surface area (Å²) < 4.78 is 16.5. The van der Waals surface area contributed by atoms with Gasteiger partial charge in [0.25, 0.3) is 0 Å². The van der Waals surface area contributed by atoms with Gasteiger partial charge in [-0.3, -0.25) is 4.90 Å². The Morgan fingerprint density at radius 1 is 1.03 bits per heavy atom. The number of hydrogen-bond acceptors (Lipinski definition) is 7. The number of anilines is 1. The van der Waals surface area contributed by atoms with E-state index in [0.29, 0.717) is 6.54 Å². The van der Waals surface area contributed by atoms with Crippen molar-refractivity contribution in [3.05, 3.63) is 54.4 Å². The van der Waals surface area contributed by atoms with Gasteiger partial charge >= 0.3 is 0 Å². The van der Waals surface area contributed by atoms with Crippen molar-refractivity contribution in [2.24, 2.45) is 0 Å². The van der Waals surface area contributed by atoms with Crippen LogP contribution in [0.4, 0.5) is 5.82 Å². The molecule has 0 saturated carbocycles. The fourth-order valence-electron chi connectivity index (χ4n) is 4.41. The van der Waals surface area contributed by atoms with Crippen molar-refractivity contribution in [1.29, 1.82) is 0 Å². The standard InChI is InChI=1S/C25H29N5O3/c1-31-21-8-7-18(15-22(21)32-2)16-30(10-9-29-11-13-33-14-12-29)25-24-23(26-17-27-25)19-5-3-4-6-20(19)28-24/h3-8,15,17,28H,9-14,16H2,1-2H3. The topological polar surface area (TPSA) is 75.7 Å². The number of H-pyrrole nitrogens is 1. The lowest BCUT2D eigenvalue weighted by molar-refractivity contribution is 0.0391. The molecule has 1 aliphatic heterocycles. The molecule has 0 radical (unpaired) electrons. The van der Waals surface area contributed by atoms with Crippen LogP contribution in [0.25, 0.3) is 21.9 Å². The third-order valence-corrected chi connectivity index (χ3v) is 6.18. The fourth-order valence-corrected chi connectivity index (χ4v) is 4.41. The quantitative estimate of drug-likeness (QED) is 0.443. The minimum atomic E-state index is 0.687. The van der Waals surface area contributed by atoms with Gasteiger partial charge in [0.2, 0.25) is 0 Å². The zero-order chi connectivity index (χ0) is 22.6. The van der Waals surface area contributed by atoms with Crippen LogP contribution in [0.15, 0.2) is 48.8 Å². The summed E-state index contributed by atoms with van der Waals surface area (Å²) in [4.78, 5) is 17.6. The summed E-state index contributed by atoms with van der Waals surface area (Å²) in [5, 5.41) is 1.11. The summed E-state index contributed by atoms with van der Waals surface area (Å²) in [5.74, 6) is 2.35. The lowest BCUT2D eigenvalue weighted by Gasteiger charge is -2.31. The van der Waals surface area contributed by atoms with Crippen molar-refractivity contribution in [3.63, 3.8) is 0 Å². The predicted molar refractivity (Wildman–Crippen MR) is 129 cm³/mol. The molecule has 1 aliphatic rings. The van der Waals surface area contributed by atoms with Gasteiger partial charge in [-0.15, -0.1) is 0 Å². The van der Waals surface area contributed by atoms with Gasteiger partial charge in [0.1, 0.15) is 17.4 Å². The number of nitrogens with one attached hydrogen (secondary N) is 1. The highest BCUT2D eigenvalue weighted by Crippen LogP contribution is 2.32. The molecule has 5 rings (SSSR count). The number of aromatic nitrogens is 3. The Balaban J connectivity index is 1.51. The number of benzene rings is 2. The first-order valence-electron chi connectivity index (χ1n) is 11.2. The van der Waals surface area contributed by atoms with E-state index in [4.69, 9.17) is 19.2 Å². The van der Waals surface area contributed by atoms with Crippen LogP contribution in [0.5, 0.6) is 11.5 Å². The molecular weight excluding hydrogens is 418 g/mol. The third kappa shape index (κ3) is 4.44. The second-order valence-corrected chi connectivity index (χ2v) is 8.16. The summed E-state index contributed by atoms with van der Waals surface area (Å²) in [6, 6.07) is 14.3. The normalized spacial score (nSPS) is 14.6. The van der Waals surface area contributed by atoms with Crippen LogP contribution >= 0.6 is 0 Å². The highest BCUT2D eigenvalue weighted by molar-refractivity contribution is 6.08. The number of rotatable bonds is 8. The van der Waals surface area contributed by atoms with E-state index < -0.39 is 0 Å². The maximum absolute atomic E-state index is 5.53. The van der Waals surface area contributed by atoms with Crippen LogP contribution < -0.4 is 14.4 Å². The summed E-state index contributed by atoms with van der Waals surface area (Å²) >= 11 is 0. The van der Waals surface area contributed by atoms with Gasteiger partial charge in [-0.2, -0.15) is 0 Å². The first-order valence-corrected chi connectivity index (χ1v) is 11.2. The highest BCUT2D eigenvalue weighted by Gasteiger charge is 2.19. The molecule has 1 N–H and O–H groups in total. The van der Waals surface area contributed by atoms with Gasteiger partial charge in [-0.05, 0) is 23.8 Å². The van der Waals surface area contributed by atoms with E-state index in [1.165, 1.54) is 0 Å². The van der Waals surface area contributed by atoms with Crippen LogP contribution in [0.3, 0.4) is 0 Å². The van der Waals surface area contributed by atoms with Crippen molar-refractivity contribution < 1.29 is 14.2 Å². The zero-order valence-electron chi connectivity index (χ0n) is 19.1.